The van der Waals surface area contributed by atoms with Crippen LogP contribution in [0, 0.1) is 9.65 Å². The minimum Gasteiger partial charge on any atom is -0.232 e. The van der Waals surface area contributed by atoms with E-state index in [1.165, 1.54) is 4.68 Å². The fourth-order valence-electron chi connectivity index (χ4n) is 0.798. The van der Waals surface area contributed by atoms with E-state index in [-0.39, 0.29) is 10.6 Å². The van der Waals surface area contributed by atoms with Gasteiger partial charge in [0.15, 0.2) is 0 Å². The molecule has 5 heteroatoms. The van der Waals surface area contributed by atoms with Gasteiger partial charge in [0.1, 0.15) is 8.72 Å². The van der Waals surface area contributed by atoms with Gasteiger partial charge in [-0.25, -0.2) is 4.68 Å². The van der Waals surface area contributed by atoms with Crippen LogP contribution >= 0.6 is 34.2 Å². The Morgan fingerprint density at radius 3 is 2.17 bits per heavy atom. The fraction of sp³-hybridized carbons (Fsp3) is 0.571. The SMILES string of the molecule is CC(C)(C)n1nc(I)c(Cl)c1F. The molecule has 0 aliphatic heterocycles. The highest BCUT2D eigenvalue weighted by Gasteiger charge is 2.22. The molecule has 68 valence electrons. The minimum absolute atomic E-state index is 0.102. The molecular weight excluding hydrogens is 293 g/mol. The van der Waals surface area contributed by atoms with Crippen LogP contribution in [0.5, 0.6) is 0 Å². The first-order chi connectivity index (χ1) is 5.34. The first-order valence-corrected chi connectivity index (χ1v) is 4.89. The van der Waals surface area contributed by atoms with E-state index in [1.54, 1.807) is 0 Å². The van der Waals surface area contributed by atoms with E-state index in [4.69, 9.17) is 11.6 Å². The van der Waals surface area contributed by atoms with Gasteiger partial charge in [0.2, 0.25) is 5.95 Å². The Balaban J connectivity index is 3.28. The highest BCUT2D eigenvalue weighted by atomic mass is 127. The van der Waals surface area contributed by atoms with Gasteiger partial charge in [0.25, 0.3) is 0 Å². The molecule has 12 heavy (non-hydrogen) atoms. The summed E-state index contributed by atoms with van der Waals surface area (Å²) < 4.78 is 15.1. The summed E-state index contributed by atoms with van der Waals surface area (Å²) in [5.41, 5.74) is -0.364. The Bertz CT molecular complexity index is 303. The molecule has 0 atom stereocenters. The molecule has 0 saturated carbocycles. The van der Waals surface area contributed by atoms with E-state index in [1.807, 2.05) is 43.4 Å². The van der Waals surface area contributed by atoms with Crippen LogP contribution < -0.4 is 0 Å². The zero-order chi connectivity index (χ0) is 9.52. The maximum atomic E-state index is 13.3. The summed E-state index contributed by atoms with van der Waals surface area (Å²) in [5, 5.41) is 4.08. The lowest BCUT2D eigenvalue weighted by atomic mass is 10.1. The number of hydrogen-bond donors (Lipinski definition) is 0. The molecule has 0 N–H and O–H groups in total. The Hall–Kier alpha value is 0.160. The number of halogens is 3. The highest BCUT2D eigenvalue weighted by molar-refractivity contribution is 14.1. The number of hydrogen-bond acceptors (Lipinski definition) is 1. The van der Waals surface area contributed by atoms with Gasteiger partial charge in [0.05, 0.1) is 5.54 Å². The maximum absolute atomic E-state index is 13.3. The summed E-state index contributed by atoms with van der Waals surface area (Å²) in [6, 6.07) is 0. The molecule has 0 radical (unpaired) electrons. The van der Waals surface area contributed by atoms with Gasteiger partial charge >= 0.3 is 0 Å². The van der Waals surface area contributed by atoms with Gasteiger partial charge < -0.3 is 0 Å². The summed E-state index contributed by atoms with van der Waals surface area (Å²) in [5.74, 6) is -0.464. The smallest absolute Gasteiger partial charge is 0.231 e. The van der Waals surface area contributed by atoms with Crippen molar-refractivity contribution in [3.05, 3.63) is 14.7 Å². The number of nitrogens with zero attached hydrogens (tertiary/aromatic N) is 2. The van der Waals surface area contributed by atoms with Gasteiger partial charge in [-0.05, 0) is 43.4 Å². The second kappa shape index (κ2) is 3.14. The third-order valence-corrected chi connectivity index (χ3v) is 2.78. The van der Waals surface area contributed by atoms with Crippen LogP contribution in [0.3, 0.4) is 0 Å². The van der Waals surface area contributed by atoms with E-state index in [0.29, 0.717) is 3.70 Å². The molecule has 1 heterocycles. The van der Waals surface area contributed by atoms with Crippen molar-refractivity contribution in [1.29, 1.82) is 0 Å². The van der Waals surface area contributed by atoms with Crippen LogP contribution in [0.2, 0.25) is 5.02 Å². The van der Waals surface area contributed by atoms with Crippen LogP contribution in [-0.4, -0.2) is 9.78 Å². The molecule has 0 bridgehead atoms. The Morgan fingerprint density at radius 1 is 1.50 bits per heavy atom. The second-order valence-electron chi connectivity index (χ2n) is 3.48. The van der Waals surface area contributed by atoms with Gasteiger partial charge in [-0.15, -0.1) is 0 Å². The first-order valence-electron chi connectivity index (χ1n) is 3.44. The molecule has 0 spiro atoms. The Morgan fingerprint density at radius 2 is 2.00 bits per heavy atom. The average molecular weight is 303 g/mol. The lowest BCUT2D eigenvalue weighted by Crippen LogP contribution is -2.24. The largest absolute Gasteiger partial charge is 0.232 e. The fourth-order valence-corrected chi connectivity index (χ4v) is 1.35. The van der Waals surface area contributed by atoms with Gasteiger partial charge in [-0.2, -0.15) is 9.49 Å². The van der Waals surface area contributed by atoms with Gasteiger partial charge in [-0.3, -0.25) is 0 Å². The van der Waals surface area contributed by atoms with Crippen molar-refractivity contribution in [2.24, 2.45) is 0 Å². The van der Waals surface area contributed by atoms with E-state index >= 15 is 0 Å². The highest BCUT2D eigenvalue weighted by Crippen LogP contribution is 2.25. The summed E-state index contributed by atoms with van der Waals surface area (Å²) in [4.78, 5) is 0. The van der Waals surface area contributed by atoms with Crippen LogP contribution in [-0.2, 0) is 5.54 Å². The Labute approximate surface area is 89.2 Å². The van der Waals surface area contributed by atoms with Crippen molar-refractivity contribution < 1.29 is 4.39 Å². The predicted molar refractivity (Wildman–Crippen MR) is 54.9 cm³/mol. The summed E-state index contributed by atoms with van der Waals surface area (Å²) in [6.45, 7) is 5.61. The first kappa shape index (κ1) is 10.2. The molecule has 2 nitrogen and oxygen atoms in total. The van der Waals surface area contributed by atoms with Crippen LogP contribution in [0.25, 0.3) is 0 Å². The van der Waals surface area contributed by atoms with E-state index in [0.717, 1.165) is 0 Å². The third kappa shape index (κ3) is 1.74. The predicted octanol–water partition coefficient (Wildman–Crippen LogP) is 3.04. The standard InChI is InChI=1S/C7H9ClFIN2/c1-7(2,3)12-5(9)4(8)6(10)11-12/h1-3H3. The quantitative estimate of drug-likeness (QED) is 0.674. The number of aromatic nitrogens is 2. The molecule has 0 aliphatic carbocycles. The van der Waals surface area contributed by atoms with E-state index in [2.05, 4.69) is 5.10 Å². The van der Waals surface area contributed by atoms with Crippen LogP contribution in [0.15, 0.2) is 0 Å². The van der Waals surface area contributed by atoms with E-state index in [9.17, 15) is 4.39 Å². The van der Waals surface area contributed by atoms with Crippen molar-refractivity contribution >= 4 is 34.2 Å². The molecule has 0 aliphatic rings. The lowest BCUT2D eigenvalue weighted by Gasteiger charge is -2.19. The molecule has 0 aromatic carbocycles. The zero-order valence-corrected chi connectivity index (χ0v) is 9.94. The van der Waals surface area contributed by atoms with Crippen molar-refractivity contribution in [2.45, 2.75) is 26.3 Å². The monoisotopic (exact) mass is 302 g/mol. The molecular formula is C7H9ClFIN2. The van der Waals surface area contributed by atoms with Crippen molar-refractivity contribution in [1.82, 2.24) is 9.78 Å². The average Bonchev–Trinajstić information content (AvgIpc) is 2.15. The molecule has 0 amide bonds. The molecule has 0 fully saturated rings. The summed E-state index contributed by atoms with van der Waals surface area (Å²) >= 11 is 7.55. The van der Waals surface area contributed by atoms with E-state index < -0.39 is 5.95 Å². The zero-order valence-electron chi connectivity index (χ0n) is 7.03. The van der Waals surface area contributed by atoms with Crippen LogP contribution in [0.1, 0.15) is 20.8 Å². The normalized spacial score (nSPS) is 12.2. The maximum Gasteiger partial charge on any atom is 0.231 e. The van der Waals surface area contributed by atoms with Gasteiger partial charge in [-0.1, -0.05) is 11.6 Å². The molecule has 1 rings (SSSR count). The Kier molecular flexibility index (Phi) is 2.68. The summed E-state index contributed by atoms with van der Waals surface area (Å²) in [7, 11) is 0. The van der Waals surface area contributed by atoms with Gasteiger partial charge in [0, 0.05) is 0 Å². The second-order valence-corrected chi connectivity index (χ2v) is 4.88. The van der Waals surface area contributed by atoms with Crippen molar-refractivity contribution in [3.63, 3.8) is 0 Å². The molecule has 1 aromatic rings. The van der Waals surface area contributed by atoms with Crippen molar-refractivity contribution in [2.75, 3.05) is 0 Å². The topological polar surface area (TPSA) is 17.8 Å². The number of rotatable bonds is 0. The molecule has 1 aromatic heterocycles. The minimum atomic E-state index is -0.464. The molecule has 0 unspecified atom stereocenters. The lowest BCUT2D eigenvalue weighted by molar-refractivity contribution is 0.299. The molecule has 0 saturated heterocycles. The van der Waals surface area contributed by atoms with Crippen LogP contribution in [0.4, 0.5) is 4.39 Å². The third-order valence-electron chi connectivity index (χ3n) is 1.37. The summed E-state index contributed by atoms with van der Waals surface area (Å²) in [6.07, 6.45) is 0. The van der Waals surface area contributed by atoms with Crippen molar-refractivity contribution in [3.8, 4) is 0 Å².